The molecule has 0 aromatic carbocycles. The molecule has 3 aliphatic rings. The van der Waals surface area contributed by atoms with Gasteiger partial charge in [0.1, 0.15) is 6.10 Å². The summed E-state index contributed by atoms with van der Waals surface area (Å²) in [4.78, 5) is 14.3. The Balaban J connectivity index is 1.92. The highest BCUT2D eigenvalue weighted by Gasteiger charge is 2.55. The molecule has 3 rings (SSSR count). The number of ether oxygens (including phenoxy) is 2. The molecule has 6 unspecified atom stereocenters. The number of carbonyl (C=O) groups is 1. The zero-order valence-corrected chi connectivity index (χ0v) is 22.3. The second kappa shape index (κ2) is 10.4. The summed E-state index contributed by atoms with van der Waals surface area (Å²) in [5.74, 6) is 1.69. The first kappa shape index (κ1) is 26.0. The molecule has 32 heavy (non-hydrogen) atoms. The van der Waals surface area contributed by atoms with Gasteiger partial charge in [0.15, 0.2) is 0 Å². The monoisotopic (exact) mass is 448 g/mol. The smallest absolute Gasteiger partial charge is 0.312 e. The zero-order valence-electron chi connectivity index (χ0n) is 22.3. The molecular formula is C29H52O3. The van der Waals surface area contributed by atoms with E-state index in [9.17, 15) is 4.79 Å². The molecule has 186 valence electrons. The molecule has 3 nitrogen and oxygen atoms in total. The molecule has 1 heterocycles. The minimum Gasteiger partial charge on any atom is -0.461 e. The highest BCUT2D eigenvalue weighted by molar-refractivity contribution is 5.78. The Morgan fingerprint density at radius 2 is 1.50 bits per heavy atom. The third-order valence-electron chi connectivity index (χ3n) is 10.9. The first-order valence-corrected chi connectivity index (χ1v) is 14.0. The van der Waals surface area contributed by atoms with Crippen LogP contribution in [-0.2, 0) is 14.3 Å². The zero-order chi connectivity index (χ0) is 23.6. The van der Waals surface area contributed by atoms with Crippen LogP contribution in [0, 0.1) is 34.0 Å². The van der Waals surface area contributed by atoms with Crippen molar-refractivity contribution in [1.29, 1.82) is 0 Å². The Labute approximate surface area is 198 Å². The number of hydrogen-bond donors (Lipinski definition) is 0. The van der Waals surface area contributed by atoms with Crippen LogP contribution in [0.25, 0.3) is 0 Å². The minimum atomic E-state index is -0.468. The Kier molecular flexibility index (Phi) is 8.43. The van der Waals surface area contributed by atoms with E-state index in [1.807, 2.05) is 0 Å². The largest absolute Gasteiger partial charge is 0.461 e. The quantitative estimate of drug-likeness (QED) is 0.336. The average molecular weight is 449 g/mol. The van der Waals surface area contributed by atoms with Crippen molar-refractivity contribution < 1.29 is 14.3 Å². The van der Waals surface area contributed by atoms with Crippen molar-refractivity contribution in [3.8, 4) is 0 Å². The van der Waals surface area contributed by atoms with Gasteiger partial charge in [-0.3, -0.25) is 4.79 Å². The molecule has 2 aliphatic carbocycles. The van der Waals surface area contributed by atoms with Crippen molar-refractivity contribution in [3.63, 3.8) is 0 Å². The van der Waals surface area contributed by atoms with Crippen LogP contribution in [0.1, 0.15) is 126 Å². The van der Waals surface area contributed by atoms with Gasteiger partial charge in [-0.1, -0.05) is 67.2 Å². The molecule has 1 aliphatic heterocycles. The summed E-state index contributed by atoms with van der Waals surface area (Å²) in [6.07, 6.45) is 14.0. The van der Waals surface area contributed by atoms with E-state index in [1.54, 1.807) is 0 Å². The van der Waals surface area contributed by atoms with E-state index in [2.05, 4.69) is 48.5 Å². The first-order valence-electron chi connectivity index (χ1n) is 14.0. The third kappa shape index (κ3) is 4.80. The highest BCUT2D eigenvalue weighted by Crippen LogP contribution is 2.55. The number of esters is 1. The second-order valence-corrected chi connectivity index (χ2v) is 12.3. The van der Waals surface area contributed by atoms with E-state index >= 15 is 0 Å². The molecular weight excluding hydrogens is 396 g/mol. The summed E-state index contributed by atoms with van der Waals surface area (Å²) in [5.41, 5.74) is -0.363. The van der Waals surface area contributed by atoms with Crippen LogP contribution < -0.4 is 0 Å². The Morgan fingerprint density at radius 1 is 0.875 bits per heavy atom. The van der Waals surface area contributed by atoms with Gasteiger partial charge in [-0.25, -0.2) is 0 Å². The van der Waals surface area contributed by atoms with Crippen LogP contribution >= 0.6 is 0 Å². The molecule has 0 radical (unpaired) electrons. The molecule has 0 amide bonds. The maximum atomic E-state index is 14.3. The van der Waals surface area contributed by atoms with E-state index in [0.717, 1.165) is 51.6 Å². The number of hydrogen-bond acceptors (Lipinski definition) is 3. The molecule has 2 saturated carbocycles. The molecule has 0 aromatic rings. The predicted octanol–water partition coefficient (Wildman–Crippen LogP) is 7.95. The van der Waals surface area contributed by atoms with Gasteiger partial charge in [0.05, 0.1) is 11.5 Å². The second-order valence-electron chi connectivity index (χ2n) is 12.3. The van der Waals surface area contributed by atoms with Gasteiger partial charge < -0.3 is 9.47 Å². The van der Waals surface area contributed by atoms with Gasteiger partial charge in [0, 0.05) is 12.5 Å². The standard InChI is InChI=1S/C29H52O3/c1-8-27(5,9-2)20-29(7,28(6,10-3)11-4)26(30)32-25-22-16-13-12-15-21(22)19-24-23(25)17-14-18-31-24/h21-25H,8-20H2,1-7H3. The number of rotatable bonds is 9. The maximum Gasteiger partial charge on any atom is 0.312 e. The highest BCUT2D eigenvalue weighted by atomic mass is 16.6. The minimum absolute atomic E-state index is 0.0543. The van der Waals surface area contributed by atoms with Crippen molar-refractivity contribution in [3.05, 3.63) is 0 Å². The molecule has 3 heteroatoms. The van der Waals surface area contributed by atoms with Crippen LogP contribution in [0.2, 0.25) is 0 Å². The van der Waals surface area contributed by atoms with Gasteiger partial charge in [0.25, 0.3) is 0 Å². The van der Waals surface area contributed by atoms with Gasteiger partial charge >= 0.3 is 5.97 Å². The predicted molar refractivity (Wildman–Crippen MR) is 133 cm³/mol. The summed E-state index contributed by atoms with van der Waals surface area (Å²) in [5, 5.41) is 0. The van der Waals surface area contributed by atoms with E-state index in [4.69, 9.17) is 9.47 Å². The molecule has 0 aromatic heterocycles. The Bertz CT molecular complexity index is 598. The topological polar surface area (TPSA) is 35.5 Å². The number of carbonyl (C=O) groups excluding carboxylic acids is 1. The molecule has 0 spiro atoms. The van der Waals surface area contributed by atoms with Crippen molar-refractivity contribution >= 4 is 5.97 Å². The lowest BCUT2D eigenvalue weighted by molar-refractivity contribution is -0.200. The van der Waals surface area contributed by atoms with Gasteiger partial charge in [0.2, 0.25) is 0 Å². The molecule has 0 bridgehead atoms. The van der Waals surface area contributed by atoms with E-state index < -0.39 is 5.41 Å². The van der Waals surface area contributed by atoms with Crippen LogP contribution in [0.15, 0.2) is 0 Å². The lowest BCUT2D eigenvalue weighted by Crippen LogP contribution is -2.55. The normalized spacial score (nSPS) is 33.0. The van der Waals surface area contributed by atoms with Gasteiger partial charge in [-0.2, -0.15) is 0 Å². The van der Waals surface area contributed by atoms with E-state index in [-0.39, 0.29) is 22.9 Å². The van der Waals surface area contributed by atoms with Crippen molar-refractivity contribution in [2.24, 2.45) is 34.0 Å². The van der Waals surface area contributed by atoms with Gasteiger partial charge in [-0.15, -0.1) is 0 Å². The summed E-state index contributed by atoms with van der Waals surface area (Å²) in [7, 11) is 0. The van der Waals surface area contributed by atoms with Crippen LogP contribution in [0.3, 0.4) is 0 Å². The van der Waals surface area contributed by atoms with Crippen LogP contribution in [-0.4, -0.2) is 24.8 Å². The SMILES string of the molecule is CCC(C)(CC)CC(C)(C(=O)OC1C2CCCCC2CC2OCCCC21)C(C)(CC)CC. The molecule has 1 saturated heterocycles. The average Bonchev–Trinajstić information content (AvgIpc) is 2.82. The van der Waals surface area contributed by atoms with Gasteiger partial charge in [-0.05, 0) is 81.0 Å². The summed E-state index contributed by atoms with van der Waals surface area (Å²) in [6, 6.07) is 0. The summed E-state index contributed by atoms with van der Waals surface area (Å²) >= 11 is 0. The summed E-state index contributed by atoms with van der Waals surface area (Å²) in [6.45, 7) is 16.9. The van der Waals surface area contributed by atoms with Crippen molar-refractivity contribution in [2.75, 3.05) is 6.61 Å². The van der Waals surface area contributed by atoms with Crippen LogP contribution in [0.4, 0.5) is 0 Å². The van der Waals surface area contributed by atoms with E-state index in [0.29, 0.717) is 23.9 Å². The first-order chi connectivity index (χ1) is 15.2. The lowest BCUT2D eigenvalue weighted by atomic mass is 9.56. The van der Waals surface area contributed by atoms with Crippen molar-refractivity contribution in [1.82, 2.24) is 0 Å². The molecule has 3 fully saturated rings. The van der Waals surface area contributed by atoms with Crippen molar-refractivity contribution in [2.45, 2.75) is 138 Å². The third-order valence-corrected chi connectivity index (χ3v) is 10.9. The Morgan fingerprint density at radius 3 is 2.12 bits per heavy atom. The fourth-order valence-electron chi connectivity index (χ4n) is 7.40. The summed E-state index contributed by atoms with van der Waals surface area (Å²) < 4.78 is 13.0. The fraction of sp³-hybridized carbons (Fsp3) is 0.966. The molecule has 6 atom stereocenters. The molecule has 0 N–H and O–H groups in total. The number of fused-ring (bicyclic) bond motifs is 2. The van der Waals surface area contributed by atoms with E-state index in [1.165, 1.54) is 32.1 Å². The lowest BCUT2D eigenvalue weighted by Gasteiger charge is -2.52. The maximum absolute atomic E-state index is 14.3. The fourth-order valence-corrected chi connectivity index (χ4v) is 7.40. The Hall–Kier alpha value is -0.570. The van der Waals surface area contributed by atoms with Crippen LogP contribution in [0.5, 0.6) is 0 Å².